The van der Waals surface area contributed by atoms with E-state index in [2.05, 4.69) is 20.7 Å². The Morgan fingerprint density at radius 3 is 2.00 bits per heavy atom. The molecule has 1 aromatic heterocycles. The number of hydrogen-bond donors (Lipinski definition) is 2. The SMILES string of the molecule is COc1cccc(CNc2nc(NCc3cccc(OC)c3)n(S(C)(=O)=O)n2)c1. The summed E-state index contributed by atoms with van der Waals surface area (Å²) < 4.78 is 35.5. The summed E-state index contributed by atoms with van der Waals surface area (Å²) in [7, 11) is -0.438. The van der Waals surface area contributed by atoms with Crippen molar-refractivity contribution in [3.05, 3.63) is 59.7 Å². The van der Waals surface area contributed by atoms with Crippen molar-refractivity contribution in [2.45, 2.75) is 13.1 Å². The van der Waals surface area contributed by atoms with Crippen molar-refractivity contribution >= 4 is 21.9 Å². The van der Waals surface area contributed by atoms with E-state index in [-0.39, 0.29) is 11.9 Å². The summed E-state index contributed by atoms with van der Waals surface area (Å²) in [6, 6.07) is 15.0. The van der Waals surface area contributed by atoms with Crippen molar-refractivity contribution < 1.29 is 17.9 Å². The monoisotopic (exact) mass is 417 g/mol. The smallest absolute Gasteiger partial charge is 0.254 e. The van der Waals surface area contributed by atoms with Gasteiger partial charge in [-0.1, -0.05) is 24.3 Å². The van der Waals surface area contributed by atoms with Crippen LogP contribution in [0.15, 0.2) is 48.5 Å². The van der Waals surface area contributed by atoms with Gasteiger partial charge in [0.15, 0.2) is 0 Å². The molecule has 0 aliphatic heterocycles. The van der Waals surface area contributed by atoms with Gasteiger partial charge in [0.05, 0.1) is 20.5 Å². The number of hydrogen-bond acceptors (Lipinski definition) is 8. The van der Waals surface area contributed by atoms with E-state index in [9.17, 15) is 8.42 Å². The number of aromatic nitrogens is 3. The van der Waals surface area contributed by atoms with Crippen LogP contribution in [0.25, 0.3) is 0 Å². The van der Waals surface area contributed by atoms with Gasteiger partial charge >= 0.3 is 0 Å². The largest absolute Gasteiger partial charge is 0.497 e. The van der Waals surface area contributed by atoms with Crippen molar-refractivity contribution in [3.63, 3.8) is 0 Å². The van der Waals surface area contributed by atoms with Crippen LogP contribution in [0.5, 0.6) is 11.5 Å². The van der Waals surface area contributed by atoms with Crippen molar-refractivity contribution in [1.82, 2.24) is 14.2 Å². The predicted molar refractivity (Wildman–Crippen MR) is 111 cm³/mol. The van der Waals surface area contributed by atoms with E-state index in [1.807, 2.05) is 48.5 Å². The van der Waals surface area contributed by atoms with E-state index < -0.39 is 10.0 Å². The molecule has 0 fully saturated rings. The molecule has 154 valence electrons. The summed E-state index contributed by atoms with van der Waals surface area (Å²) in [6.45, 7) is 0.779. The Kier molecular flexibility index (Phi) is 6.23. The van der Waals surface area contributed by atoms with Crippen molar-refractivity contribution in [2.24, 2.45) is 0 Å². The van der Waals surface area contributed by atoms with Crippen LogP contribution in [0.4, 0.5) is 11.9 Å². The first-order valence-corrected chi connectivity index (χ1v) is 10.6. The molecule has 0 saturated carbocycles. The van der Waals surface area contributed by atoms with Crippen LogP contribution in [0.1, 0.15) is 11.1 Å². The molecule has 2 N–H and O–H groups in total. The maximum absolute atomic E-state index is 12.1. The first-order valence-electron chi connectivity index (χ1n) is 8.80. The fourth-order valence-electron chi connectivity index (χ4n) is 2.64. The molecule has 0 aliphatic carbocycles. The van der Waals surface area contributed by atoms with Gasteiger partial charge in [-0.25, -0.2) is 8.42 Å². The molecule has 0 spiro atoms. The molecule has 0 aliphatic rings. The second-order valence-electron chi connectivity index (χ2n) is 6.28. The van der Waals surface area contributed by atoms with E-state index >= 15 is 0 Å². The van der Waals surface area contributed by atoms with Gasteiger partial charge in [0.2, 0.25) is 11.9 Å². The second-order valence-corrected chi connectivity index (χ2v) is 8.09. The Morgan fingerprint density at radius 1 is 0.931 bits per heavy atom. The third-order valence-electron chi connectivity index (χ3n) is 4.06. The molecule has 0 saturated heterocycles. The Labute approximate surface area is 169 Å². The average Bonchev–Trinajstić information content (AvgIpc) is 3.15. The molecule has 29 heavy (non-hydrogen) atoms. The first kappa shape index (κ1) is 20.5. The number of benzene rings is 2. The topological polar surface area (TPSA) is 107 Å². The molecule has 2 aromatic carbocycles. The van der Waals surface area contributed by atoms with Gasteiger partial charge in [-0.2, -0.15) is 4.98 Å². The van der Waals surface area contributed by atoms with Crippen LogP contribution >= 0.6 is 0 Å². The van der Waals surface area contributed by atoms with Crippen LogP contribution in [0.2, 0.25) is 0 Å². The fourth-order valence-corrected chi connectivity index (χ4v) is 3.28. The summed E-state index contributed by atoms with van der Waals surface area (Å²) in [5.74, 6) is 1.78. The van der Waals surface area contributed by atoms with E-state index in [4.69, 9.17) is 9.47 Å². The van der Waals surface area contributed by atoms with Crippen LogP contribution in [-0.4, -0.2) is 43.1 Å². The maximum Gasteiger partial charge on any atom is 0.254 e. The molecule has 0 radical (unpaired) electrons. The summed E-state index contributed by atoms with van der Waals surface area (Å²) in [5, 5.41) is 10.1. The van der Waals surface area contributed by atoms with Crippen molar-refractivity contribution in [1.29, 1.82) is 0 Å². The highest BCUT2D eigenvalue weighted by atomic mass is 32.2. The van der Waals surface area contributed by atoms with Gasteiger partial charge in [0, 0.05) is 13.1 Å². The number of nitrogens with zero attached hydrogens (tertiary/aromatic N) is 3. The van der Waals surface area contributed by atoms with Gasteiger partial charge in [0.25, 0.3) is 10.0 Å². The lowest BCUT2D eigenvalue weighted by atomic mass is 10.2. The lowest BCUT2D eigenvalue weighted by Gasteiger charge is -2.07. The maximum atomic E-state index is 12.1. The normalized spacial score (nSPS) is 11.1. The van der Waals surface area contributed by atoms with Crippen LogP contribution in [0.3, 0.4) is 0 Å². The Morgan fingerprint density at radius 2 is 1.48 bits per heavy atom. The lowest BCUT2D eigenvalue weighted by molar-refractivity contribution is 0.414. The molecule has 3 aromatic rings. The number of methoxy groups -OCH3 is 2. The van der Waals surface area contributed by atoms with Gasteiger partial charge in [-0.15, -0.1) is 9.19 Å². The van der Waals surface area contributed by atoms with Crippen molar-refractivity contribution in [3.8, 4) is 11.5 Å². The second kappa shape index (κ2) is 8.82. The van der Waals surface area contributed by atoms with Gasteiger partial charge in [0.1, 0.15) is 11.5 Å². The number of ether oxygens (including phenoxy) is 2. The number of rotatable bonds is 9. The molecule has 0 unspecified atom stereocenters. The van der Waals surface area contributed by atoms with Gasteiger partial charge < -0.3 is 20.1 Å². The van der Waals surface area contributed by atoms with Crippen LogP contribution in [-0.2, 0) is 23.1 Å². The molecule has 0 atom stereocenters. The van der Waals surface area contributed by atoms with Gasteiger partial charge in [-0.3, -0.25) is 0 Å². The Hall–Kier alpha value is -3.27. The average molecular weight is 417 g/mol. The first-order chi connectivity index (χ1) is 13.9. The van der Waals surface area contributed by atoms with E-state index in [1.165, 1.54) is 0 Å². The quantitative estimate of drug-likeness (QED) is 0.546. The summed E-state index contributed by atoms with van der Waals surface area (Å²) in [6.07, 6.45) is 1.07. The molecule has 0 amide bonds. The minimum atomic E-state index is -3.63. The molecule has 10 heteroatoms. The summed E-state index contributed by atoms with van der Waals surface area (Å²) in [5.41, 5.74) is 1.87. The minimum Gasteiger partial charge on any atom is -0.497 e. The highest BCUT2D eigenvalue weighted by molar-refractivity contribution is 7.89. The van der Waals surface area contributed by atoms with Crippen molar-refractivity contribution in [2.75, 3.05) is 31.1 Å². The summed E-state index contributed by atoms with van der Waals surface area (Å²) >= 11 is 0. The third kappa shape index (κ3) is 5.38. The lowest BCUT2D eigenvalue weighted by Crippen LogP contribution is -2.16. The van der Waals surface area contributed by atoms with Crippen LogP contribution in [0, 0.1) is 0 Å². The molecule has 1 heterocycles. The Bertz CT molecular complexity index is 1080. The van der Waals surface area contributed by atoms with Crippen LogP contribution < -0.4 is 20.1 Å². The third-order valence-corrected chi connectivity index (χ3v) is 4.95. The van der Waals surface area contributed by atoms with E-state index in [0.29, 0.717) is 13.1 Å². The standard InChI is InChI=1S/C19H23N5O4S/c1-27-16-8-4-6-14(10-16)12-20-18-22-19(24(23-18)29(3,25)26)21-13-15-7-5-9-17(11-15)28-2/h4-11H,12-13H2,1-3H3,(H2,20,21,22,23). The zero-order chi connectivity index (χ0) is 20.9. The number of nitrogens with one attached hydrogen (secondary N) is 2. The molecule has 3 rings (SSSR count). The zero-order valence-corrected chi connectivity index (χ0v) is 17.2. The molecular weight excluding hydrogens is 394 g/mol. The minimum absolute atomic E-state index is 0.128. The van der Waals surface area contributed by atoms with E-state index in [1.54, 1.807) is 14.2 Å². The van der Waals surface area contributed by atoms with E-state index in [0.717, 1.165) is 33.0 Å². The zero-order valence-electron chi connectivity index (χ0n) is 16.4. The highest BCUT2D eigenvalue weighted by Gasteiger charge is 2.17. The summed E-state index contributed by atoms with van der Waals surface area (Å²) in [4.78, 5) is 4.28. The molecule has 0 bridgehead atoms. The number of anilines is 2. The highest BCUT2D eigenvalue weighted by Crippen LogP contribution is 2.17. The Balaban J connectivity index is 1.75. The van der Waals surface area contributed by atoms with Gasteiger partial charge in [-0.05, 0) is 35.4 Å². The molecule has 9 nitrogen and oxygen atoms in total. The predicted octanol–water partition coefficient (Wildman–Crippen LogP) is 2.33. The molecular formula is C19H23N5O4S. The fraction of sp³-hybridized carbons (Fsp3) is 0.263.